The number of aromatic carboxylic acids is 1. The number of carboxylic acids is 1. The van der Waals surface area contributed by atoms with Gasteiger partial charge in [0, 0.05) is 6.42 Å². The van der Waals surface area contributed by atoms with Gasteiger partial charge >= 0.3 is 5.97 Å². The van der Waals surface area contributed by atoms with Crippen molar-refractivity contribution in [2.75, 3.05) is 13.7 Å². The number of carbonyl (C=O) groups is 3. The predicted octanol–water partition coefficient (Wildman–Crippen LogP) is 1.98. The molecule has 8 heteroatoms. The molecule has 152 valence electrons. The van der Waals surface area contributed by atoms with Crippen molar-refractivity contribution in [2.45, 2.75) is 19.3 Å². The van der Waals surface area contributed by atoms with Crippen LogP contribution in [0.1, 0.15) is 34.3 Å². The lowest BCUT2D eigenvalue weighted by Crippen LogP contribution is -2.34. The molecule has 0 aliphatic heterocycles. The molecule has 3 N–H and O–H groups in total. The molecule has 0 spiro atoms. The van der Waals surface area contributed by atoms with Gasteiger partial charge in [-0.15, -0.1) is 0 Å². The monoisotopic (exact) mass is 397 g/mol. The second kappa shape index (κ2) is 11.2. The van der Waals surface area contributed by atoms with Crippen molar-refractivity contribution in [3.8, 4) is 5.75 Å². The van der Waals surface area contributed by atoms with Crippen molar-refractivity contribution in [1.82, 2.24) is 10.7 Å². The molecular formula is C21H23N3O5. The molecule has 0 bridgehead atoms. The molecular weight excluding hydrogens is 374 g/mol. The van der Waals surface area contributed by atoms with E-state index in [0.717, 1.165) is 17.7 Å². The van der Waals surface area contributed by atoms with Crippen LogP contribution in [0, 0.1) is 0 Å². The van der Waals surface area contributed by atoms with Crippen molar-refractivity contribution < 1.29 is 24.2 Å². The van der Waals surface area contributed by atoms with Gasteiger partial charge in [-0.3, -0.25) is 9.59 Å². The Morgan fingerprint density at radius 2 is 1.72 bits per heavy atom. The summed E-state index contributed by atoms with van der Waals surface area (Å²) in [6.07, 6.45) is 3.14. The van der Waals surface area contributed by atoms with E-state index in [4.69, 9.17) is 9.84 Å². The molecule has 0 unspecified atom stereocenters. The van der Waals surface area contributed by atoms with Gasteiger partial charge in [0.1, 0.15) is 5.75 Å². The number of hydrogen-bond acceptors (Lipinski definition) is 5. The van der Waals surface area contributed by atoms with E-state index in [1.54, 1.807) is 19.2 Å². The number of carbonyl (C=O) groups excluding carboxylic acids is 2. The molecule has 0 radical (unpaired) electrons. The van der Waals surface area contributed by atoms with Crippen molar-refractivity contribution in [1.29, 1.82) is 0 Å². The van der Waals surface area contributed by atoms with Crippen LogP contribution in [0.5, 0.6) is 5.75 Å². The van der Waals surface area contributed by atoms with E-state index in [1.807, 2.05) is 24.3 Å². The minimum absolute atomic E-state index is 0.167. The number of carboxylic acid groups (broad SMARTS) is 1. The molecule has 2 rings (SSSR count). The van der Waals surface area contributed by atoms with Gasteiger partial charge in [0.05, 0.1) is 25.4 Å². The summed E-state index contributed by atoms with van der Waals surface area (Å²) in [4.78, 5) is 34.3. The molecule has 0 aliphatic rings. The van der Waals surface area contributed by atoms with Crippen molar-refractivity contribution in [3.63, 3.8) is 0 Å². The van der Waals surface area contributed by atoms with Crippen LogP contribution in [0.4, 0.5) is 0 Å². The zero-order valence-electron chi connectivity index (χ0n) is 16.1. The van der Waals surface area contributed by atoms with E-state index in [-0.39, 0.29) is 18.0 Å². The third kappa shape index (κ3) is 7.84. The first-order chi connectivity index (χ1) is 14.0. The van der Waals surface area contributed by atoms with Gasteiger partial charge in [-0.2, -0.15) is 5.10 Å². The molecule has 0 atom stereocenters. The van der Waals surface area contributed by atoms with Crippen LogP contribution in [-0.4, -0.2) is 42.8 Å². The third-order valence-electron chi connectivity index (χ3n) is 4.03. The predicted molar refractivity (Wildman–Crippen MR) is 108 cm³/mol. The maximum Gasteiger partial charge on any atom is 0.335 e. The zero-order valence-corrected chi connectivity index (χ0v) is 16.1. The molecule has 0 heterocycles. The maximum absolute atomic E-state index is 11.8. The standard InChI is InChI=1S/C21H23N3O5/c1-29-18-11-7-15(8-12-18)3-2-4-19(25)22-14-20(26)24-23-13-16-5-9-17(10-6-16)21(27)28/h5-13H,2-4,14H2,1H3,(H,22,25)(H,24,26)(H,27,28)/b23-13+. The highest BCUT2D eigenvalue weighted by Gasteiger charge is 2.05. The number of aryl methyl sites for hydroxylation is 1. The van der Waals surface area contributed by atoms with Crippen molar-refractivity contribution in [3.05, 3.63) is 65.2 Å². The fourth-order valence-electron chi connectivity index (χ4n) is 2.44. The summed E-state index contributed by atoms with van der Waals surface area (Å²) in [5, 5.41) is 15.2. The summed E-state index contributed by atoms with van der Waals surface area (Å²) in [6.45, 7) is -0.170. The SMILES string of the molecule is COc1ccc(CCCC(=O)NCC(=O)N/N=C/c2ccc(C(=O)O)cc2)cc1. The lowest BCUT2D eigenvalue weighted by molar-refractivity contribution is -0.126. The highest BCUT2D eigenvalue weighted by atomic mass is 16.5. The Hall–Kier alpha value is -3.68. The first kappa shape index (κ1) is 21.6. The van der Waals surface area contributed by atoms with E-state index in [1.165, 1.54) is 18.3 Å². The summed E-state index contributed by atoms with van der Waals surface area (Å²) in [7, 11) is 1.61. The number of nitrogens with one attached hydrogen (secondary N) is 2. The second-order valence-corrected chi connectivity index (χ2v) is 6.20. The molecule has 0 fully saturated rings. The number of nitrogens with zero attached hydrogens (tertiary/aromatic N) is 1. The van der Waals surface area contributed by atoms with Gasteiger partial charge in [0.15, 0.2) is 0 Å². The van der Waals surface area contributed by atoms with Gasteiger partial charge in [-0.25, -0.2) is 10.2 Å². The highest BCUT2D eigenvalue weighted by Crippen LogP contribution is 2.13. The topological polar surface area (TPSA) is 117 Å². The average Bonchev–Trinajstić information content (AvgIpc) is 2.73. The van der Waals surface area contributed by atoms with Crippen LogP contribution in [0.15, 0.2) is 53.6 Å². The van der Waals surface area contributed by atoms with Crippen molar-refractivity contribution in [2.24, 2.45) is 5.10 Å². The fourth-order valence-corrected chi connectivity index (χ4v) is 2.44. The first-order valence-electron chi connectivity index (χ1n) is 9.03. The largest absolute Gasteiger partial charge is 0.497 e. The zero-order chi connectivity index (χ0) is 21.1. The molecule has 2 aromatic rings. The molecule has 2 aromatic carbocycles. The van der Waals surface area contributed by atoms with E-state index in [9.17, 15) is 14.4 Å². The summed E-state index contributed by atoms with van der Waals surface area (Å²) in [5.74, 6) is -0.882. The van der Waals surface area contributed by atoms with Gasteiger partial charge < -0.3 is 15.2 Å². The Balaban J connectivity index is 1.63. The molecule has 0 saturated carbocycles. The van der Waals surface area contributed by atoms with Crippen LogP contribution >= 0.6 is 0 Å². The highest BCUT2D eigenvalue weighted by molar-refractivity contribution is 5.89. The van der Waals surface area contributed by atoms with E-state index in [0.29, 0.717) is 18.4 Å². The number of benzene rings is 2. The van der Waals surface area contributed by atoms with E-state index >= 15 is 0 Å². The Bertz CT molecular complexity index is 861. The van der Waals surface area contributed by atoms with Gasteiger partial charge in [0.25, 0.3) is 5.91 Å². The van der Waals surface area contributed by atoms with Crippen LogP contribution in [0.3, 0.4) is 0 Å². The Morgan fingerprint density at radius 1 is 1.03 bits per heavy atom. The Kier molecular flexibility index (Phi) is 8.37. The van der Waals surface area contributed by atoms with E-state index < -0.39 is 11.9 Å². The number of amides is 2. The third-order valence-corrected chi connectivity index (χ3v) is 4.03. The fraction of sp³-hybridized carbons (Fsp3) is 0.238. The quantitative estimate of drug-likeness (QED) is 0.419. The van der Waals surface area contributed by atoms with Crippen LogP contribution < -0.4 is 15.5 Å². The number of rotatable bonds is 10. The average molecular weight is 397 g/mol. The molecule has 0 aromatic heterocycles. The lowest BCUT2D eigenvalue weighted by Gasteiger charge is -2.05. The molecule has 0 aliphatic carbocycles. The lowest BCUT2D eigenvalue weighted by atomic mass is 10.1. The summed E-state index contributed by atoms with van der Waals surface area (Å²) >= 11 is 0. The van der Waals surface area contributed by atoms with Crippen LogP contribution in [0.25, 0.3) is 0 Å². The molecule has 29 heavy (non-hydrogen) atoms. The second-order valence-electron chi connectivity index (χ2n) is 6.20. The normalized spacial score (nSPS) is 10.5. The van der Waals surface area contributed by atoms with E-state index in [2.05, 4.69) is 15.8 Å². The number of hydrazone groups is 1. The van der Waals surface area contributed by atoms with Gasteiger partial charge in [-0.1, -0.05) is 24.3 Å². The molecule has 2 amide bonds. The number of ether oxygens (including phenoxy) is 1. The minimum Gasteiger partial charge on any atom is -0.497 e. The smallest absolute Gasteiger partial charge is 0.335 e. The number of methoxy groups -OCH3 is 1. The number of hydrogen-bond donors (Lipinski definition) is 3. The minimum atomic E-state index is -1.01. The molecule has 8 nitrogen and oxygen atoms in total. The van der Waals surface area contributed by atoms with Gasteiger partial charge in [0.2, 0.25) is 5.91 Å². The summed E-state index contributed by atoms with van der Waals surface area (Å²) in [6, 6.07) is 13.7. The van der Waals surface area contributed by atoms with Crippen LogP contribution in [-0.2, 0) is 16.0 Å². The summed E-state index contributed by atoms with van der Waals surface area (Å²) < 4.78 is 5.10. The summed E-state index contributed by atoms with van der Waals surface area (Å²) in [5.41, 5.74) is 4.22. The van der Waals surface area contributed by atoms with Crippen molar-refractivity contribution >= 4 is 24.0 Å². The maximum atomic E-state index is 11.8. The van der Waals surface area contributed by atoms with Gasteiger partial charge in [-0.05, 0) is 48.2 Å². The molecule has 0 saturated heterocycles. The first-order valence-corrected chi connectivity index (χ1v) is 9.03. The Labute approximate surface area is 168 Å². The Morgan fingerprint density at radius 3 is 2.34 bits per heavy atom. The van der Waals surface area contributed by atoms with Crippen LogP contribution in [0.2, 0.25) is 0 Å².